The molecule has 18 heavy (non-hydrogen) atoms. The van der Waals surface area contributed by atoms with E-state index in [2.05, 4.69) is 0 Å². The first-order valence-electron chi connectivity index (χ1n) is 5.65. The summed E-state index contributed by atoms with van der Waals surface area (Å²) in [6.07, 6.45) is 0.704. The highest BCUT2D eigenvalue weighted by Gasteiger charge is 2.17. The Kier molecular flexibility index (Phi) is 6.15. The largest absolute Gasteiger partial charge is 0.507 e. The Balaban J connectivity index is 0.00000289. The van der Waals surface area contributed by atoms with Crippen LogP contribution in [0.5, 0.6) is 5.75 Å². The lowest BCUT2D eigenvalue weighted by Gasteiger charge is -2.17. The number of hydrogen-bond donors (Lipinski definition) is 3. The quantitative estimate of drug-likeness (QED) is 0.788. The van der Waals surface area contributed by atoms with Gasteiger partial charge in [0, 0.05) is 11.6 Å². The molecule has 4 N–H and O–H groups in total. The van der Waals surface area contributed by atoms with Crippen molar-refractivity contribution in [2.24, 2.45) is 11.7 Å². The van der Waals surface area contributed by atoms with Crippen LogP contribution in [-0.4, -0.2) is 16.2 Å². The van der Waals surface area contributed by atoms with Gasteiger partial charge in [-0.2, -0.15) is 0 Å². The second-order valence-electron chi connectivity index (χ2n) is 4.77. The summed E-state index contributed by atoms with van der Waals surface area (Å²) < 4.78 is 0. The van der Waals surface area contributed by atoms with Crippen molar-refractivity contribution in [2.45, 2.75) is 33.2 Å². The van der Waals surface area contributed by atoms with Crippen LogP contribution in [0.2, 0.25) is 0 Å². The van der Waals surface area contributed by atoms with E-state index in [1.54, 1.807) is 6.92 Å². The molecule has 0 heterocycles. The van der Waals surface area contributed by atoms with E-state index in [0.717, 1.165) is 0 Å². The smallest absolute Gasteiger partial charge is 0.335 e. The van der Waals surface area contributed by atoms with E-state index in [1.165, 1.54) is 12.1 Å². The third kappa shape index (κ3) is 3.89. The molecule has 102 valence electrons. The zero-order chi connectivity index (χ0) is 13.2. The Hall–Kier alpha value is -1.26. The van der Waals surface area contributed by atoms with Crippen LogP contribution in [0.1, 0.15) is 47.8 Å². The van der Waals surface area contributed by atoms with Crippen molar-refractivity contribution in [3.8, 4) is 5.75 Å². The van der Waals surface area contributed by atoms with E-state index in [4.69, 9.17) is 10.8 Å². The van der Waals surface area contributed by atoms with E-state index < -0.39 is 5.97 Å². The van der Waals surface area contributed by atoms with Gasteiger partial charge in [0.25, 0.3) is 0 Å². The number of aromatic hydroxyl groups is 1. The fourth-order valence-electron chi connectivity index (χ4n) is 1.85. The Morgan fingerprint density at radius 2 is 1.94 bits per heavy atom. The van der Waals surface area contributed by atoms with E-state index >= 15 is 0 Å². The van der Waals surface area contributed by atoms with Crippen LogP contribution in [0.25, 0.3) is 0 Å². The molecule has 5 heteroatoms. The topological polar surface area (TPSA) is 83.5 Å². The second-order valence-corrected chi connectivity index (χ2v) is 4.77. The number of phenols is 1. The van der Waals surface area contributed by atoms with Crippen LogP contribution in [0.4, 0.5) is 0 Å². The fraction of sp³-hybridized carbons (Fsp3) is 0.462. The van der Waals surface area contributed by atoms with E-state index in [-0.39, 0.29) is 29.8 Å². The molecule has 0 aliphatic heterocycles. The van der Waals surface area contributed by atoms with Crippen molar-refractivity contribution >= 4 is 18.4 Å². The predicted molar refractivity (Wildman–Crippen MR) is 73.4 cm³/mol. The van der Waals surface area contributed by atoms with Crippen molar-refractivity contribution in [1.29, 1.82) is 0 Å². The molecule has 0 aromatic heterocycles. The summed E-state index contributed by atoms with van der Waals surface area (Å²) in [5.41, 5.74) is 7.19. The Morgan fingerprint density at radius 3 is 2.39 bits per heavy atom. The van der Waals surface area contributed by atoms with Crippen molar-refractivity contribution in [2.75, 3.05) is 0 Å². The molecular weight excluding hydrogens is 254 g/mol. The van der Waals surface area contributed by atoms with Gasteiger partial charge in [0.1, 0.15) is 5.75 Å². The summed E-state index contributed by atoms with van der Waals surface area (Å²) in [6.45, 7) is 5.74. The van der Waals surface area contributed by atoms with Gasteiger partial charge in [-0.1, -0.05) is 13.8 Å². The number of phenolic OH excluding ortho intramolecular Hbond substituents is 1. The molecule has 1 aromatic rings. The minimum Gasteiger partial charge on any atom is -0.507 e. The Morgan fingerprint density at radius 1 is 1.39 bits per heavy atom. The molecule has 1 atom stereocenters. The first kappa shape index (κ1) is 16.7. The maximum Gasteiger partial charge on any atom is 0.335 e. The molecule has 0 saturated carbocycles. The molecular formula is C13H20ClNO3. The van der Waals surface area contributed by atoms with Crippen molar-refractivity contribution in [3.05, 3.63) is 28.8 Å². The van der Waals surface area contributed by atoms with Crippen LogP contribution in [0.3, 0.4) is 0 Å². The SMILES string of the molecule is Cc1cc(C(=O)O)cc([C@@H](N)CC(C)C)c1O.Cl. The van der Waals surface area contributed by atoms with Gasteiger partial charge in [-0.05, 0) is 37.0 Å². The minimum atomic E-state index is -1.01. The first-order valence-corrected chi connectivity index (χ1v) is 5.65. The lowest BCUT2D eigenvalue weighted by atomic mass is 9.94. The molecule has 0 amide bonds. The average molecular weight is 274 g/mol. The first-order chi connectivity index (χ1) is 7.82. The molecule has 0 bridgehead atoms. The van der Waals surface area contributed by atoms with Gasteiger partial charge >= 0.3 is 5.97 Å². The van der Waals surface area contributed by atoms with Crippen LogP contribution >= 0.6 is 12.4 Å². The van der Waals surface area contributed by atoms with Crippen LogP contribution < -0.4 is 5.73 Å². The summed E-state index contributed by atoms with van der Waals surface area (Å²) in [4.78, 5) is 10.9. The van der Waals surface area contributed by atoms with Crippen molar-refractivity contribution in [1.82, 2.24) is 0 Å². The van der Waals surface area contributed by atoms with Gasteiger partial charge in [-0.15, -0.1) is 12.4 Å². The van der Waals surface area contributed by atoms with E-state index in [0.29, 0.717) is 23.5 Å². The number of aryl methyl sites for hydroxylation is 1. The fourth-order valence-corrected chi connectivity index (χ4v) is 1.85. The zero-order valence-corrected chi connectivity index (χ0v) is 11.6. The molecule has 0 aliphatic carbocycles. The molecule has 1 rings (SSSR count). The molecule has 1 aromatic carbocycles. The van der Waals surface area contributed by atoms with Crippen molar-refractivity contribution < 1.29 is 15.0 Å². The third-order valence-electron chi connectivity index (χ3n) is 2.70. The second kappa shape index (κ2) is 6.61. The Labute approximate surface area is 113 Å². The molecule has 0 saturated heterocycles. The summed E-state index contributed by atoms with van der Waals surface area (Å²) in [6, 6.07) is 2.56. The highest BCUT2D eigenvalue weighted by Crippen LogP contribution is 2.31. The van der Waals surface area contributed by atoms with Gasteiger partial charge in [-0.25, -0.2) is 4.79 Å². The monoisotopic (exact) mass is 273 g/mol. The summed E-state index contributed by atoms with van der Waals surface area (Å²) in [7, 11) is 0. The summed E-state index contributed by atoms with van der Waals surface area (Å²) in [5, 5.41) is 18.9. The van der Waals surface area contributed by atoms with Gasteiger partial charge in [0.2, 0.25) is 0 Å². The number of hydrogen-bond acceptors (Lipinski definition) is 3. The molecule has 0 fully saturated rings. The van der Waals surface area contributed by atoms with Crippen LogP contribution in [0.15, 0.2) is 12.1 Å². The van der Waals surface area contributed by atoms with Crippen LogP contribution in [0, 0.1) is 12.8 Å². The lowest BCUT2D eigenvalue weighted by Crippen LogP contribution is -2.14. The van der Waals surface area contributed by atoms with E-state index in [9.17, 15) is 9.90 Å². The van der Waals surface area contributed by atoms with Crippen LogP contribution in [-0.2, 0) is 0 Å². The number of nitrogens with two attached hydrogens (primary N) is 1. The molecule has 4 nitrogen and oxygen atoms in total. The number of rotatable bonds is 4. The lowest BCUT2D eigenvalue weighted by molar-refractivity contribution is 0.0696. The predicted octanol–water partition coefficient (Wildman–Crippen LogP) is 2.87. The molecule has 0 spiro atoms. The van der Waals surface area contributed by atoms with Gasteiger partial charge in [0.15, 0.2) is 0 Å². The molecule has 0 unspecified atom stereocenters. The summed E-state index contributed by atoms with van der Waals surface area (Å²) >= 11 is 0. The zero-order valence-electron chi connectivity index (χ0n) is 10.8. The maximum absolute atomic E-state index is 10.9. The standard InChI is InChI=1S/C13H19NO3.ClH/c1-7(2)4-11(14)10-6-9(13(16)17)5-8(3)12(10)15;/h5-7,11,15H,4,14H2,1-3H3,(H,16,17);1H/t11-;/m0./s1. The number of carboxylic acids is 1. The highest BCUT2D eigenvalue weighted by atomic mass is 35.5. The van der Waals surface area contributed by atoms with Gasteiger partial charge < -0.3 is 15.9 Å². The van der Waals surface area contributed by atoms with Gasteiger partial charge in [-0.3, -0.25) is 0 Å². The number of aromatic carboxylic acids is 1. The molecule has 0 radical (unpaired) electrons. The number of benzene rings is 1. The molecule has 0 aliphatic rings. The average Bonchev–Trinajstić information content (AvgIpc) is 2.20. The van der Waals surface area contributed by atoms with Crippen molar-refractivity contribution in [3.63, 3.8) is 0 Å². The Bertz CT molecular complexity index is 432. The summed E-state index contributed by atoms with van der Waals surface area (Å²) in [5.74, 6) is -0.521. The third-order valence-corrected chi connectivity index (χ3v) is 2.70. The number of carboxylic acid groups (broad SMARTS) is 1. The minimum absolute atomic E-state index is 0. The van der Waals surface area contributed by atoms with Gasteiger partial charge in [0.05, 0.1) is 5.56 Å². The maximum atomic E-state index is 10.9. The number of halogens is 1. The number of carbonyl (C=O) groups is 1. The van der Waals surface area contributed by atoms with E-state index in [1.807, 2.05) is 13.8 Å². The highest BCUT2D eigenvalue weighted by molar-refractivity contribution is 5.88. The normalized spacial score (nSPS) is 12.1.